The van der Waals surface area contributed by atoms with E-state index in [0.717, 1.165) is 12.1 Å². The Morgan fingerprint density at radius 1 is 1.19 bits per heavy atom. The summed E-state index contributed by atoms with van der Waals surface area (Å²) in [5.41, 5.74) is -3.36. The van der Waals surface area contributed by atoms with Crippen molar-refractivity contribution < 1.29 is 40.6 Å². The average Bonchev–Trinajstić information content (AvgIpc) is 3.14. The van der Waals surface area contributed by atoms with Crippen LogP contribution in [0.3, 0.4) is 0 Å². The lowest BCUT2D eigenvalue weighted by Crippen LogP contribution is -2.44. The van der Waals surface area contributed by atoms with Crippen molar-refractivity contribution in [1.29, 1.82) is 0 Å². The number of halogens is 3. The molecule has 1 atom stereocenters. The normalized spacial score (nSPS) is 14.3. The molecule has 12 heteroatoms. The predicted molar refractivity (Wildman–Crippen MR) is 104 cm³/mol. The van der Waals surface area contributed by atoms with Crippen LogP contribution in [0.1, 0.15) is 28.3 Å². The minimum Gasteiger partial charge on any atom is -0.463 e. The van der Waals surface area contributed by atoms with E-state index in [-0.39, 0.29) is 29.4 Å². The molecule has 1 aromatic heterocycles. The summed E-state index contributed by atoms with van der Waals surface area (Å²) >= 11 is 0. The van der Waals surface area contributed by atoms with E-state index in [1.807, 2.05) is 0 Å². The van der Waals surface area contributed by atoms with Gasteiger partial charge in [0.25, 0.3) is 5.91 Å². The van der Waals surface area contributed by atoms with Crippen LogP contribution in [0.5, 0.6) is 0 Å². The fourth-order valence-corrected chi connectivity index (χ4v) is 3.74. The number of aryl methyl sites for hydroxylation is 1. The van der Waals surface area contributed by atoms with Gasteiger partial charge in [0.2, 0.25) is 15.6 Å². The van der Waals surface area contributed by atoms with E-state index in [1.165, 1.54) is 38.3 Å². The zero-order valence-electron chi connectivity index (χ0n) is 16.8. The minimum absolute atomic E-state index is 0.0253. The zero-order chi connectivity index (χ0) is 23.3. The summed E-state index contributed by atoms with van der Waals surface area (Å²) in [4.78, 5) is 12.1. The largest absolute Gasteiger partial charge is 0.463 e. The summed E-state index contributed by atoms with van der Waals surface area (Å²) < 4.78 is 76.8. The topological polar surface area (TPSA) is 118 Å². The van der Waals surface area contributed by atoms with E-state index >= 15 is 0 Å². The molecule has 0 bridgehead atoms. The molecule has 0 aliphatic rings. The molecule has 0 saturated heterocycles. The summed E-state index contributed by atoms with van der Waals surface area (Å²) in [5.74, 6) is -1.28. The van der Waals surface area contributed by atoms with Gasteiger partial charge < -0.3 is 19.6 Å². The van der Waals surface area contributed by atoms with Crippen molar-refractivity contribution in [3.8, 4) is 0 Å². The maximum atomic E-state index is 13.5. The second-order valence-corrected chi connectivity index (χ2v) is 8.46. The molecule has 8 nitrogen and oxygen atoms in total. The number of methoxy groups -OCH3 is 1. The summed E-state index contributed by atoms with van der Waals surface area (Å²) in [6.07, 6.45) is -5.93. The smallest absolute Gasteiger partial charge is 0.424 e. The van der Waals surface area contributed by atoms with Crippen molar-refractivity contribution in [3.05, 3.63) is 53.5 Å². The van der Waals surface area contributed by atoms with Crippen LogP contribution >= 0.6 is 0 Å². The van der Waals surface area contributed by atoms with Gasteiger partial charge in [0.15, 0.2) is 0 Å². The highest BCUT2D eigenvalue weighted by Gasteiger charge is 2.56. The quantitative estimate of drug-likeness (QED) is 0.464. The molecule has 31 heavy (non-hydrogen) atoms. The molecule has 1 amide bonds. The molecule has 2 aromatic rings. The van der Waals surface area contributed by atoms with Crippen LogP contribution in [0.15, 0.2) is 45.7 Å². The Balaban J connectivity index is 2.08. The van der Waals surface area contributed by atoms with Gasteiger partial charge in [-0.2, -0.15) is 13.2 Å². The first-order valence-electron chi connectivity index (χ1n) is 9.13. The number of sulfonamides is 1. The highest BCUT2D eigenvalue weighted by molar-refractivity contribution is 7.89. The van der Waals surface area contributed by atoms with Gasteiger partial charge in [-0.05, 0) is 37.3 Å². The molecule has 0 radical (unpaired) electrons. The van der Waals surface area contributed by atoms with Crippen LogP contribution < -0.4 is 10.0 Å². The fourth-order valence-electron chi connectivity index (χ4n) is 2.69. The van der Waals surface area contributed by atoms with Gasteiger partial charge in [-0.1, -0.05) is 6.07 Å². The molecule has 172 valence electrons. The molecule has 0 aliphatic heterocycles. The van der Waals surface area contributed by atoms with Gasteiger partial charge >= 0.3 is 6.18 Å². The molecule has 0 saturated carbocycles. The molecular formula is C19H23F3N2O6S. The lowest BCUT2D eigenvalue weighted by molar-refractivity contribution is -0.274. The number of hydrogen-bond acceptors (Lipinski definition) is 6. The van der Waals surface area contributed by atoms with Crippen molar-refractivity contribution in [2.24, 2.45) is 0 Å². The van der Waals surface area contributed by atoms with Gasteiger partial charge in [-0.15, -0.1) is 0 Å². The number of furan rings is 1. The molecule has 1 heterocycles. The van der Waals surface area contributed by atoms with Gasteiger partial charge in [0, 0.05) is 32.2 Å². The monoisotopic (exact) mass is 464 g/mol. The number of nitrogens with one attached hydrogen (secondary N) is 2. The molecule has 0 fully saturated rings. The Bertz CT molecular complexity index is 1010. The van der Waals surface area contributed by atoms with Crippen molar-refractivity contribution >= 4 is 15.9 Å². The summed E-state index contributed by atoms with van der Waals surface area (Å²) in [7, 11) is -2.49. The molecular weight excluding hydrogens is 441 g/mol. The van der Waals surface area contributed by atoms with E-state index in [0.29, 0.717) is 0 Å². The lowest BCUT2D eigenvalue weighted by Gasteiger charge is -2.28. The summed E-state index contributed by atoms with van der Waals surface area (Å²) in [6, 6.07) is 7.32. The number of carbonyl (C=O) groups excluding carboxylic acids is 1. The van der Waals surface area contributed by atoms with Crippen LogP contribution in [0.4, 0.5) is 13.2 Å². The Morgan fingerprint density at radius 3 is 2.48 bits per heavy atom. The number of rotatable bonds is 10. The number of amides is 1. The van der Waals surface area contributed by atoms with Crippen LogP contribution in [-0.4, -0.2) is 52.4 Å². The van der Waals surface area contributed by atoms with E-state index in [4.69, 9.17) is 9.15 Å². The van der Waals surface area contributed by atoms with Crippen molar-refractivity contribution in [2.45, 2.75) is 30.0 Å². The van der Waals surface area contributed by atoms with Gasteiger partial charge in [0.05, 0.1) is 11.5 Å². The van der Waals surface area contributed by atoms with Crippen molar-refractivity contribution in [1.82, 2.24) is 10.0 Å². The average molecular weight is 464 g/mol. The number of ether oxygens (including phenoxy) is 1. The standard InChI is InChI=1S/C19H23F3N2O6S/c1-13-6-7-16(30-13)18(26,19(20,21)22)8-9-23-17(25)14-4-3-5-15(12-14)31(27,28)24-10-11-29-2/h3-7,12,24,26H,8-11H2,1-2H3,(H,23,25)/t18-/m1/s1. The third-order valence-corrected chi connectivity index (χ3v) is 5.85. The molecule has 0 spiro atoms. The molecule has 1 aromatic carbocycles. The van der Waals surface area contributed by atoms with E-state index in [2.05, 4.69) is 10.0 Å². The third-order valence-electron chi connectivity index (χ3n) is 4.39. The van der Waals surface area contributed by atoms with Crippen molar-refractivity contribution in [3.63, 3.8) is 0 Å². The van der Waals surface area contributed by atoms with Crippen LogP contribution in [-0.2, 0) is 20.4 Å². The highest BCUT2D eigenvalue weighted by Crippen LogP contribution is 2.42. The minimum atomic E-state index is -5.04. The summed E-state index contributed by atoms with van der Waals surface area (Å²) in [6.45, 7) is 1.07. The zero-order valence-corrected chi connectivity index (χ0v) is 17.6. The van der Waals surface area contributed by atoms with Crippen LogP contribution in [0.2, 0.25) is 0 Å². The Hall–Kier alpha value is -2.41. The van der Waals surface area contributed by atoms with Gasteiger partial charge in [0.1, 0.15) is 11.5 Å². The Morgan fingerprint density at radius 2 is 1.90 bits per heavy atom. The van der Waals surface area contributed by atoms with Crippen LogP contribution in [0, 0.1) is 6.92 Å². The Kier molecular flexibility index (Phi) is 7.87. The second-order valence-electron chi connectivity index (χ2n) is 6.69. The number of alkyl halides is 3. The number of hydrogen-bond donors (Lipinski definition) is 3. The second kappa shape index (κ2) is 9.81. The van der Waals surface area contributed by atoms with Crippen molar-refractivity contribution in [2.75, 3.05) is 26.8 Å². The Labute approximate surface area is 177 Å². The van der Waals surface area contributed by atoms with E-state index in [9.17, 15) is 31.5 Å². The van der Waals surface area contributed by atoms with E-state index < -0.39 is 46.4 Å². The maximum Gasteiger partial charge on any atom is 0.424 e. The van der Waals surface area contributed by atoms with Gasteiger partial charge in [-0.25, -0.2) is 13.1 Å². The number of aliphatic hydroxyl groups is 1. The van der Waals surface area contributed by atoms with Gasteiger partial charge in [-0.3, -0.25) is 4.79 Å². The highest BCUT2D eigenvalue weighted by atomic mass is 32.2. The SMILES string of the molecule is COCCNS(=O)(=O)c1cccc(C(=O)NCC[C@@](O)(c2ccc(C)o2)C(F)(F)F)c1. The number of benzene rings is 1. The first-order chi connectivity index (χ1) is 14.4. The molecule has 0 aliphatic carbocycles. The molecule has 2 rings (SSSR count). The number of carbonyl (C=O) groups is 1. The molecule has 0 unspecified atom stereocenters. The third kappa shape index (κ3) is 6.06. The van der Waals surface area contributed by atoms with E-state index in [1.54, 1.807) is 0 Å². The molecule has 3 N–H and O–H groups in total. The predicted octanol–water partition coefficient (Wildman–Crippen LogP) is 2.08. The maximum absolute atomic E-state index is 13.5. The fraction of sp³-hybridized carbons (Fsp3) is 0.421. The lowest BCUT2D eigenvalue weighted by atomic mass is 9.95. The first-order valence-corrected chi connectivity index (χ1v) is 10.6. The summed E-state index contributed by atoms with van der Waals surface area (Å²) in [5, 5.41) is 12.5. The van der Waals surface area contributed by atoms with Crippen LogP contribution in [0.25, 0.3) is 0 Å². The first kappa shape index (κ1) is 24.9.